The van der Waals surface area contributed by atoms with Crippen LogP contribution in [-0.2, 0) is 10.9 Å². The molecule has 3 N–H and O–H groups in total. The summed E-state index contributed by atoms with van der Waals surface area (Å²) >= 11 is 0. The lowest BCUT2D eigenvalue weighted by Gasteiger charge is -2.20. The van der Waals surface area contributed by atoms with Crippen LogP contribution in [0.25, 0.3) is 0 Å². The van der Waals surface area contributed by atoms with E-state index in [1.807, 2.05) is 0 Å². The van der Waals surface area contributed by atoms with Crippen molar-refractivity contribution in [1.29, 1.82) is 0 Å². The Morgan fingerprint density at radius 3 is 2.17 bits per heavy atom. The van der Waals surface area contributed by atoms with Crippen molar-refractivity contribution >= 4 is 29.2 Å². The average Bonchev–Trinajstić information content (AvgIpc) is 2.55. The van der Waals surface area contributed by atoms with Gasteiger partial charge < -0.3 is 15.4 Å². The van der Waals surface area contributed by atoms with Crippen LogP contribution in [0, 0.1) is 5.82 Å². The van der Waals surface area contributed by atoms with E-state index >= 15 is 0 Å². The summed E-state index contributed by atoms with van der Waals surface area (Å²) in [6.45, 7) is 5.01. The van der Waals surface area contributed by atoms with E-state index in [2.05, 4.69) is 16.0 Å². The van der Waals surface area contributed by atoms with Gasteiger partial charge >= 0.3 is 18.3 Å². The number of benzene rings is 2. The van der Waals surface area contributed by atoms with Crippen molar-refractivity contribution in [3.63, 3.8) is 0 Å². The molecule has 0 saturated carbocycles. The minimum Gasteiger partial charge on any atom is -0.444 e. The number of nitrogens with one attached hydrogen (secondary N) is 3. The molecule has 2 rings (SSSR count). The number of urea groups is 1. The fourth-order valence-electron chi connectivity index (χ4n) is 2.18. The zero-order valence-corrected chi connectivity index (χ0v) is 15.8. The third-order valence-corrected chi connectivity index (χ3v) is 3.31. The highest BCUT2D eigenvalue weighted by atomic mass is 19.4. The van der Waals surface area contributed by atoms with Gasteiger partial charge in [0.05, 0.1) is 11.3 Å². The predicted octanol–water partition coefficient (Wildman–Crippen LogP) is 5.84. The summed E-state index contributed by atoms with van der Waals surface area (Å²) in [5, 5.41) is 6.76. The fraction of sp³-hybridized carbons (Fsp3) is 0.263. The average molecular weight is 413 g/mol. The summed E-state index contributed by atoms with van der Waals surface area (Å²) in [5.41, 5.74) is -1.94. The van der Waals surface area contributed by atoms with Crippen LogP contribution >= 0.6 is 0 Å². The van der Waals surface area contributed by atoms with Crippen LogP contribution in [-0.4, -0.2) is 17.7 Å². The lowest BCUT2D eigenvalue weighted by Crippen LogP contribution is -2.27. The SMILES string of the molecule is CC(C)(C)OC(=O)Nc1ccc(F)c(NC(=O)Nc2cccc(C(F)(F)F)c2)c1. The van der Waals surface area contributed by atoms with Crippen LogP contribution in [0.3, 0.4) is 0 Å². The summed E-state index contributed by atoms with van der Waals surface area (Å²) in [6.07, 6.45) is -5.34. The number of carbonyl (C=O) groups is 2. The second-order valence-electron chi connectivity index (χ2n) is 6.98. The summed E-state index contributed by atoms with van der Waals surface area (Å²) in [4.78, 5) is 23.8. The highest BCUT2D eigenvalue weighted by Gasteiger charge is 2.30. The highest BCUT2D eigenvalue weighted by molar-refractivity contribution is 6.00. The number of halogens is 4. The largest absolute Gasteiger partial charge is 0.444 e. The molecule has 6 nitrogen and oxygen atoms in total. The molecule has 0 atom stereocenters. The van der Waals surface area contributed by atoms with Gasteiger partial charge in [-0.2, -0.15) is 13.2 Å². The molecule has 2 aromatic rings. The van der Waals surface area contributed by atoms with Crippen molar-refractivity contribution in [1.82, 2.24) is 0 Å². The Morgan fingerprint density at radius 1 is 0.897 bits per heavy atom. The number of hydrogen-bond donors (Lipinski definition) is 3. The molecule has 0 saturated heterocycles. The van der Waals surface area contributed by atoms with E-state index in [1.54, 1.807) is 20.8 Å². The number of rotatable bonds is 3. The molecule has 0 aliphatic rings. The predicted molar refractivity (Wildman–Crippen MR) is 100 cm³/mol. The molecule has 3 amide bonds. The topological polar surface area (TPSA) is 79.5 Å². The Morgan fingerprint density at radius 2 is 1.55 bits per heavy atom. The number of alkyl halides is 3. The molecule has 0 aromatic heterocycles. The summed E-state index contributed by atoms with van der Waals surface area (Å²) in [6, 6.07) is 6.44. The van der Waals surface area contributed by atoms with E-state index in [-0.39, 0.29) is 17.1 Å². The van der Waals surface area contributed by atoms with Gasteiger partial charge in [-0.25, -0.2) is 14.0 Å². The van der Waals surface area contributed by atoms with Crippen molar-refractivity contribution in [2.24, 2.45) is 0 Å². The second kappa shape index (κ2) is 8.38. The number of amides is 3. The van der Waals surface area contributed by atoms with E-state index in [4.69, 9.17) is 4.74 Å². The fourth-order valence-corrected chi connectivity index (χ4v) is 2.18. The standard InChI is InChI=1S/C19H19F4N3O3/c1-18(2,3)29-17(28)25-13-7-8-14(20)15(10-13)26-16(27)24-12-6-4-5-11(9-12)19(21,22)23/h4-10H,1-3H3,(H,25,28)(H2,24,26,27). The molecule has 0 fully saturated rings. The third-order valence-electron chi connectivity index (χ3n) is 3.31. The van der Waals surface area contributed by atoms with Crippen LogP contribution in [0.15, 0.2) is 42.5 Å². The minimum atomic E-state index is -4.57. The van der Waals surface area contributed by atoms with E-state index in [0.29, 0.717) is 0 Å². The van der Waals surface area contributed by atoms with Crippen LogP contribution in [0.5, 0.6) is 0 Å². The first-order valence-corrected chi connectivity index (χ1v) is 8.38. The van der Waals surface area contributed by atoms with Gasteiger partial charge in [0.2, 0.25) is 0 Å². The summed E-state index contributed by atoms with van der Waals surface area (Å²) in [5.74, 6) is -0.807. The molecule has 10 heteroatoms. The number of carbonyl (C=O) groups excluding carboxylic acids is 2. The van der Waals surface area contributed by atoms with Gasteiger partial charge in [0.15, 0.2) is 0 Å². The van der Waals surface area contributed by atoms with Gasteiger partial charge in [-0.3, -0.25) is 5.32 Å². The number of anilines is 3. The monoisotopic (exact) mass is 413 g/mol. The van der Waals surface area contributed by atoms with Gasteiger partial charge in [0, 0.05) is 11.4 Å². The Bertz CT molecular complexity index is 908. The lowest BCUT2D eigenvalue weighted by molar-refractivity contribution is -0.137. The molecule has 0 unspecified atom stereocenters. The molecule has 0 aliphatic carbocycles. The van der Waals surface area contributed by atoms with Crippen molar-refractivity contribution in [3.05, 3.63) is 53.8 Å². The van der Waals surface area contributed by atoms with Crippen LogP contribution in [0.1, 0.15) is 26.3 Å². The molecule has 0 radical (unpaired) electrons. The Balaban J connectivity index is 2.08. The van der Waals surface area contributed by atoms with Gasteiger partial charge in [0.1, 0.15) is 11.4 Å². The molecular formula is C19H19F4N3O3. The zero-order valence-electron chi connectivity index (χ0n) is 15.8. The van der Waals surface area contributed by atoms with Gasteiger partial charge in [0.25, 0.3) is 0 Å². The van der Waals surface area contributed by atoms with E-state index < -0.39 is 35.3 Å². The highest BCUT2D eigenvalue weighted by Crippen LogP contribution is 2.30. The van der Waals surface area contributed by atoms with E-state index in [1.165, 1.54) is 12.1 Å². The minimum absolute atomic E-state index is 0.124. The molecule has 0 spiro atoms. The second-order valence-corrected chi connectivity index (χ2v) is 6.98. The maximum atomic E-state index is 14.0. The Kier molecular flexibility index (Phi) is 6.35. The maximum Gasteiger partial charge on any atom is 0.416 e. The zero-order chi connectivity index (χ0) is 21.8. The summed E-state index contributed by atoms with van der Waals surface area (Å²) < 4.78 is 57.2. The smallest absolute Gasteiger partial charge is 0.416 e. The molecule has 156 valence electrons. The first-order valence-electron chi connectivity index (χ1n) is 8.38. The Labute approximate surface area is 164 Å². The third kappa shape index (κ3) is 6.98. The quantitative estimate of drug-likeness (QED) is 0.554. The molecular weight excluding hydrogens is 394 g/mol. The van der Waals surface area contributed by atoms with Gasteiger partial charge in [-0.05, 0) is 57.2 Å². The molecule has 2 aromatic carbocycles. The van der Waals surface area contributed by atoms with Crippen molar-refractivity contribution in [2.45, 2.75) is 32.5 Å². The molecule has 0 bridgehead atoms. The number of ether oxygens (including phenoxy) is 1. The van der Waals surface area contributed by atoms with E-state index in [9.17, 15) is 27.2 Å². The maximum absolute atomic E-state index is 14.0. The van der Waals surface area contributed by atoms with Crippen molar-refractivity contribution in [3.8, 4) is 0 Å². The van der Waals surface area contributed by atoms with Crippen LogP contribution in [0.2, 0.25) is 0 Å². The van der Waals surface area contributed by atoms with Gasteiger partial charge in [-0.1, -0.05) is 6.07 Å². The normalized spacial score (nSPS) is 11.6. The first-order chi connectivity index (χ1) is 13.3. The molecule has 0 heterocycles. The van der Waals surface area contributed by atoms with Crippen LogP contribution < -0.4 is 16.0 Å². The summed E-state index contributed by atoms with van der Waals surface area (Å²) in [7, 11) is 0. The van der Waals surface area contributed by atoms with Crippen molar-refractivity contribution < 1.29 is 31.9 Å². The van der Waals surface area contributed by atoms with Crippen molar-refractivity contribution in [2.75, 3.05) is 16.0 Å². The number of hydrogen-bond acceptors (Lipinski definition) is 3. The molecule has 0 aliphatic heterocycles. The molecule has 29 heavy (non-hydrogen) atoms. The van der Waals surface area contributed by atoms with Gasteiger partial charge in [-0.15, -0.1) is 0 Å². The Hall–Kier alpha value is -3.30. The van der Waals surface area contributed by atoms with Crippen LogP contribution in [0.4, 0.5) is 44.2 Å². The lowest BCUT2D eigenvalue weighted by atomic mass is 10.2. The van der Waals surface area contributed by atoms with E-state index in [0.717, 1.165) is 30.3 Å². The first kappa shape index (κ1) is 22.0.